The fourth-order valence-electron chi connectivity index (χ4n) is 3.16. The first-order valence-electron chi connectivity index (χ1n) is 8.51. The molecular weight excluding hydrogens is 284 g/mol. The van der Waals surface area contributed by atoms with Crippen LogP contribution in [-0.4, -0.2) is 17.0 Å². The van der Waals surface area contributed by atoms with E-state index in [0.717, 1.165) is 30.6 Å². The summed E-state index contributed by atoms with van der Waals surface area (Å²) in [6.07, 6.45) is 1.90. The first-order valence-corrected chi connectivity index (χ1v) is 8.51. The van der Waals surface area contributed by atoms with Crippen LogP contribution in [0.25, 0.3) is 0 Å². The number of nitrogens with one attached hydrogen (secondary N) is 1. The molecule has 0 unspecified atom stereocenters. The molecule has 0 radical (unpaired) electrons. The van der Waals surface area contributed by atoms with Crippen molar-refractivity contribution in [1.82, 2.24) is 9.88 Å². The number of aromatic nitrogens is 1. The summed E-state index contributed by atoms with van der Waals surface area (Å²) in [6, 6.07) is 8.53. The minimum atomic E-state index is 0.0410. The third kappa shape index (κ3) is 3.66. The minimum Gasteiger partial charge on any atom is -0.351 e. The van der Waals surface area contributed by atoms with Crippen molar-refractivity contribution in [2.24, 2.45) is 0 Å². The first-order chi connectivity index (χ1) is 11.0. The molecule has 0 saturated carbocycles. The van der Waals surface area contributed by atoms with Gasteiger partial charge in [-0.2, -0.15) is 0 Å². The molecule has 1 aromatic carbocycles. The molecule has 1 heterocycles. The van der Waals surface area contributed by atoms with Gasteiger partial charge in [0.15, 0.2) is 0 Å². The van der Waals surface area contributed by atoms with Gasteiger partial charge in [-0.05, 0) is 50.3 Å². The number of hydrogen-bond acceptors (Lipinski definition) is 1. The van der Waals surface area contributed by atoms with Gasteiger partial charge in [-0.25, -0.2) is 0 Å². The fraction of sp³-hybridized carbons (Fsp3) is 0.450. The van der Waals surface area contributed by atoms with Crippen LogP contribution in [0.5, 0.6) is 0 Å². The Hall–Kier alpha value is -2.03. The smallest absolute Gasteiger partial charge is 0.268 e. The highest BCUT2D eigenvalue weighted by Gasteiger charge is 2.21. The van der Waals surface area contributed by atoms with Crippen molar-refractivity contribution >= 4 is 5.91 Å². The molecule has 3 nitrogen and oxygen atoms in total. The van der Waals surface area contributed by atoms with E-state index in [1.165, 1.54) is 22.4 Å². The van der Waals surface area contributed by atoms with Crippen LogP contribution < -0.4 is 5.32 Å². The molecule has 2 aromatic rings. The van der Waals surface area contributed by atoms with Crippen LogP contribution >= 0.6 is 0 Å². The second-order valence-corrected chi connectivity index (χ2v) is 6.22. The number of rotatable bonds is 6. The van der Waals surface area contributed by atoms with Crippen molar-refractivity contribution in [3.05, 3.63) is 57.9 Å². The van der Waals surface area contributed by atoms with Crippen LogP contribution in [0.3, 0.4) is 0 Å². The van der Waals surface area contributed by atoms with E-state index in [4.69, 9.17) is 0 Å². The number of carbonyl (C=O) groups excluding carboxylic acids is 1. The Morgan fingerprint density at radius 2 is 1.74 bits per heavy atom. The van der Waals surface area contributed by atoms with E-state index >= 15 is 0 Å². The molecule has 0 aliphatic heterocycles. The summed E-state index contributed by atoms with van der Waals surface area (Å²) in [5, 5.41) is 3.03. The van der Waals surface area contributed by atoms with Gasteiger partial charge < -0.3 is 9.88 Å². The zero-order chi connectivity index (χ0) is 17.0. The van der Waals surface area contributed by atoms with Gasteiger partial charge >= 0.3 is 0 Å². The van der Waals surface area contributed by atoms with Crippen LogP contribution in [0.4, 0.5) is 0 Å². The molecule has 0 bridgehead atoms. The maximum Gasteiger partial charge on any atom is 0.268 e. The number of benzene rings is 1. The Kier molecular flexibility index (Phi) is 5.64. The van der Waals surface area contributed by atoms with E-state index in [0.29, 0.717) is 6.54 Å². The lowest BCUT2D eigenvalue weighted by Crippen LogP contribution is -2.27. The summed E-state index contributed by atoms with van der Waals surface area (Å²) in [5.41, 5.74) is 6.90. The zero-order valence-corrected chi connectivity index (χ0v) is 15.0. The first kappa shape index (κ1) is 17.3. The number of nitrogens with zero attached hydrogens (tertiary/aromatic N) is 1. The SMILES string of the molecule is CCCNC(=O)c1c(C)c(CC)c(C)n1Cc1ccc(C)cc1. The normalized spacial score (nSPS) is 10.8. The van der Waals surface area contributed by atoms with Crippen LogP contribution in [0.2, 0.25) is 0 Å². The summed E-state index contributed by atoms with van der Waals surface area (Å²) in [7, 11) is 0. The van der Waals surface area contributed by atoms with Crippen molar-refractivity contribution < 1.29 is 4.79 Å². The van der Waals surface area contributed by atoms with Gasteiger partial charge in [0.2, 0.25) is 0 Å². The maximum absolute atomic E-state index is 12.6. The van der Waals surface area contributed by atoms with Gasteiger partial charge in [0.05, 0.1) is 0 Å². The molecule has 1 aromatic heterocycles. The van der Waals surface area contributed by atoms with Crippen molar-refractivity contribution in [3.8, 4) is 0 Å². The molecule has 2 rings (SSSR count). The molecular formula is C20H28N2O. The molecule has 1 amide bonds. The second-order valence-electron chi connectivity index (χ2n) is 6.22. The lowest BCUT2D eigenvalue weighted by molar-refractivity contribution is 0.0944. The maximum atomic E-state index is 12.6. The Labute approximate surface area is 139 Å². The van der Waals surface area contributed by atoms with E-state index in [1.54, 1.807) is 0 Å². The van der Waals surface area contributed by atoms with Crippen LogP contribution in [0.1, 0.15) is 58.7 Å². The number of carbonyl (C=O) groups is 1. The van der Waals surface area contributed by atoms with E-state index in [9.17, 15) is 4.79 Å². The van der Waals surface area contributed by atoms with Crippen molar-refractivity contribution in [2.75, 3.05) is 6.54 Å². The highest BCUT2D eigenvalue weighted by molar-refractivity contribution is 5.95. The number of amides is 1. The topological polar surface area (TPSA) is 34.0 Å². The van der Waals surface area contributed by atoms with Gasteiger partial charge in [0.1, 0.15) is 5.69 Å². The van der Waals surface area contributed by atoms with E-state index in [-0.39, 0.29) is 5.91 Å². The lowest BCUT2D eigenvalue weighted by atomic mass is 10.1. The largest absolute Gasteiger partial charge is 0.351 e. The molecule has 3 heteroatoms. The number of hydrogen-bond donors (Lipinski definition) is 1. The van der Waals surface area contributed by atoms with Gasteiger partial charge in [-0.3, -0.25) is 4.79 Å². The molecule has 0 aliphatic rings. The Morgan fingerprint density at radius 1 is 1.09 bits per heavy atom. The molecule has 23 heavy (non-hydrogen) atoms. The predicted molar refractivity (Wildman–Crippen MR) is 96.2 cm³/mol. The van der Waals surface area contributed by atoms with Gasteiger partial charge in [-0.15, -0.1) is 0 Å². The van der Waals surface area contributed by atoms with Gasteiger partial charge in [0, 0.05) is 18.8 Å². The van der Waals surface area contributed by atoms with Gasteiger partial charge in [0.25, 0.3) is 5.91 Å². The third-order valence-corrected chi connectivity index (χ3v) is 4.48. The monoisotopic (exact) mass is 312 g/mol. The van der Waals surface area contributed by atoms with Crippen molar-refractivity contribution in [1.29, 1.82) is 0 Å². The number of aryl methyl sites for hydroxylation is 1. The third-order valence-electron chi connectivity index (χ3n) is 4.48. The molecule has 1 N–H and O–H groups in total. The second kappa shape index (κ2) is 7.49. The average Bonchev–Trinajstić information content (AvgIpc) is 2.77. The van der Waals surface area contributed by atoms with E-state index in [1.807, 2.05) is 0 Å². The highest BCUT2D eigenvalue weighted by atomic mass is 16.1. The van der Waals surface area contributed by atoms with Gasteiger partial charge in [-0.1, -0.05) is 43.7 Å². The lowest BCUT2D eigenvalue weighted by Gasteiger charge is -2.13. The highest BCUT2D eigenvalue weighted by Crippen LogP contribution is 2.24. The average molecular weight is 312 g/mol. The van der Waals surface area contributed by atoms with E-state index < -0.39 is 0 Å². The Morgan fingerprint density at radius 3 is 2.30 bits per heavy atom. The minimum absolute atomic E-state index is 0.0410. The molecule has 0 fully saturated rings. The van der Waals surface area contributed by atoms with Crippen molar-refractivity contribution in [3.63, 3.8) is 0 Å². The Balaban J connectivity index is 2.43. The standard InChI is InChI=1S/C20H28N2O/c1-6-12-21-20(23)19-15(4)18(7-2)16(5)22(19)13-17-10-8-14(3)9-11-17/h8-11H,6-7,12-13H2,1-5H3,(H,21,23). The zero-order valence-electron chi connectivity index (χ0n) is 15.0. The molecule has 0 aliphatic carbocycles. The van der Waals surface area contributed by atoms with Crippen LogP contribution in [0, 0.1) is 20.8 Å². The summed E-state index contributed by atoms with van der Waals surface area (Å²) in [5.74, 6) is 0.0410. The van der Waals surface area contributed by atoms with Crippen LogP contribution in [-0.2, 0) is 13.0 Å². The quantitative estimate of drug-likeness (QED) is 0.853. The van der Waals surface area contributed by atoms with Crippen LogP contribution in [0.15, 0.2) is 24.3 Å². The molecule has 0 atom stereocenters. The molecule has 124 valence electrons. The molecule has 0 saturated heterocycles. The summed E-state index contributed by atoms with van der Waals surface area (Å²) in [4.78, 5) is 12.6. The predicted octanol–water partition coefficient (Wildman–Crippen LogP) is 4.16. The summed E-state index contributed by atoms with van der Waals surface area (Å²) >= 11 is 0. The Bertz CT molecular complexity index is 681. The van der Waals surface area contributed by atoms with Crippen molar-refractivity contribution in [2.45, 2.75) is 54.0 Å². The summed E-state index contributed by atoms with van der Waals surface area (Å²) in [6.45, 7) is 12.0. The fourth-order valence-corrected chi connectivity index (χ4v) is 3.16. The molecule has 0 spiro atoms. The summed E-state index contributed by atoms with van der Waals surface area (Å²) < 4.78 is 2.17. The van der Waals surface area contributed by atoms with E-state index in [2.05, 4.69) is 68.8 Å².